The summed E-state index contributed by atoms with van der Waals surface area (Å²) in [6.45, 7) is 6.19. The first-order valence-electron chi connectivity index (χ1n) is 6.78. The molecule has 1 unspecified atom stereocenters. The predicted octanol–water partition coefficient (Wildman–Crippen LogP) is -1.76. The van der Waals surface area contributed by atoms with Crippen molar-refractivity contribution in [3.63, 3.8) is 0 Å². The molecule has 1 atom stereocenters. The van der Waals surface area contributed by atoms with Gasteiger partial charge < -0.3 is 24.8 Å². The van der Waals surface area contributed by atoms with Crippen LogP contribution in [0.25, 0.3) is 0 Å². The Morgan fingerprint density at radius 3 is 2.08 bits per heavy atom. The number of hydrogen-bond acceptors (Lipinski definition) is 2. The van der Waals surface area contributed by atoms with Gasteiger partial charge in [-0.1, -0.05) is 0 Å². The monoisotopic (exact) mass is 478 g/mol. The van der Waals surface area contributed by atoms with Crippen LogP contribution in [0.3, 0.4) is 0 Å². The van der Waals surface area contributed by atoms with Crippen LogP contribution in [0, 0.1) is 0 Å². The Hall–Kier alpha value is 0.163. The maximum absolute atomic E-state index is 13.2. The predicted molar refractivity (Wildman–Crippen MR) is 76.3 cm³/mol. The first-order chi connectivity index (χ1) is 9.94. The minimum atomic E-state index is -5.30. The van der Waals surface area contributed by atoms with Gasteiger partial charge >= 0.3 is 141 Å². The summed E-state index contributed by atoms with van der Waals surface area (Å²) >= 11 is -1.56. The zero-order chi connectivity index (χ0) is 16.9. The Labute approximate surface area is 164 Å². The number of halogens is 5. The number of allylic oxidation sites excluding steroid dienone is 6. The Kier molecular flexibility index (Phi) is 7.87. The topological polar surface area (TPSA) is 34.1 Å². The summed E-state index contributed by atoms with van der Waals surface area (Å²) in [5, 5.41) is 0. The third kappa shape index (κ3) is 3.51. The van der Waals surface area contributed by atoms with Crippen molar-refractivity contribution in [2.24, 2.45) is 0 Å². The second-order valence-electron chi connectivity index (χ2n) is 5.68. The van der Waals surface area contributed by atoms with E-state index in [0.29, 0.717) is 14.4 Å². The van der Waals surface area contributed by atoms with Gasteiger partial charge in [0.2, 0.25) is 0 Å². The molecule has 24 heavy (non-hydrogen) atoms. The molecule has 2 rings (SSSR count). The molecule has 0 saturated heterocycles. The Balaban J connectivity index is 0.00000264. The van der Waals surface area contributed by atoms with E-state index in [4.69, 9.17) is 0 Å². The Bertz CT molecular complexity index is 749. The van der Waals surface area contributed by atoms with Gasteiger partial charge in [-0.2, -0.15) is 0 Å². The van der Waals surface area contributed by atoms with Crippen LogP contribution in [0.15, 0.2) is 41.5 Å². The van der Waals surface area contributed by atoms with Crippen molar-refractivity contribution in [3.8, 4) is 0 Å². The number of rotatable bonds is 3. The Morgan fingerprint density at radius 1 is 1.12 bits per heavy atom. The SMILES string of the molecule is CC1=C(C)C(C)(S(=O)(=O)C(F)(F)F)[C]([Zr+2][C]2=CC=CC2)=C1C.[Cl-].[Cl-]. The molecule has 0 fully saturated rings. The zero-order valence-corrected chi connectivity index (χ0v) is 18.3. The molecule has 2 aliphatic carbocycles. The van der Waals surface area contributed by atoms with Crippen LogP contribution < -0.4 is 24.8 Å². The van der Waals surface area contributed by atoms with E-state index in [2.05, 4.69) is 0 Å². The maximum atomic E-state index is 13.2. The molecule has 2 nitrogen and oxygen atoms in total. The van der Waals surface area contributed by atoms with Gasteiger partial charge in [-0.25, -0.2) is 0 Å². The summed E-state index contributed by atoms with van der Waals surface area (Å²) in [4.78, 5) is 0. The molecule has 2 aliphatic rings. The molecule has 0 N–H and O–H groups in total. The minimum absolute atomic E-state index is 0. The summed E-state index contributed by atoms with van der Waals surface area (Å²) in [5.41, 5.74) is -3.53. The molecule has 0 amide bonds. The molecular formula is C15H17Cl2F3O2SZr. The second kappa shape index (κ2) is 7.81. The molecule has 0 spiro atoms. The van der Waals surface area contributed by atoms with Crippen molar-refractivity contribution in [2.75, 3.05) is 0 Å². The first kappa shape index (κ1) is 24.2. The molecule has 0 aromatic heterocycles. The van der Waals surface area contributed by atoms with Gasteiger partial charge in [-0.15, -0.1) is 0 Å². The zero-order valence-electron chi connectivity index (χ0n) is 13.6. The van der Waals surface area contributed by atoms with Gasteiger partial charge in [-0.3, -0.25) is 0 Å². The van der Waals surface area contributed by atoms with Crippen LogP contribution in [0.2, 0.25) is 0 Å². The molecule has 134 valence electrons. The molecular weight excluding hydrogens is 463 g/mol. The van der Waals surface area contributed by atoms with Crippen molar-refractivity contribution >= 4 is 9.84 Å². The fourth-order valence-corrected chi connectivity index (χ4v) is 9.33. The van der Waals surface area contributed by atoms with Gasteiger partial charge in [-0.05, 0) is 0 Å². The minimum Gasteiger partial charge on any atom is -1.00 e. The number of alkyl halides is 3. The van der Waals surface area contributed by atoms with Crippen LogP contribution in [-0.2, 0) is 33.1 Å². The molecule has 0 aromatic rings. The van der Waals surface area contributed by atoms with Crippen LogP contribution in [-0.4, -0.2) is 18.7 Å². The average Bonchev–Trinajstić information content (AvgIpc) is 2.97. The van der Waals surface area contributed by atoms with Crippen molar-refractivity contribution in [1.29, 1.82) is 0 Å². The van der Waals surface area contributed by atoms with Gasteiger partial charge in [0.05, 0.1) is 0 Å². The Morgan fingerprint density at radius 2 is 1.67 bits per heavy atom. The molecule has 0 bridgehead atoms. The van der Waals surface area contributed by atoms with Gasteiger partial charge in [0.1, 0.15) is 0 Å². The summed E-state index contributed by atoms with van der Waals surface area (Å²) in [6, 6.07) is 0. The molecule has 0 aliphatic heterocycles. The number of sulfone groups is 1. The summed E-state index contributed by atoms with van der Waals surface area (Å²) in [7, 11) is -5.30. The largest absolute Gasteiger partial charge is 1.00 e. The molecule has 0 saturated carbocycles. The van der Waals surface area contributed by atoms with Crippen LogP contribution in [0.1, 0.15) is 34.1 Å². The average molecular weight is 480 g/mol. The van der Waals surface area contributed by atoms with E-state index in [1.807, 2.05) is 18.2 Å². The van der Waals surface area contributed by atoms with Crippen molar-refractivity contribution in [1.82, 2.24) is 0 Å². The van der Waals surface area contributed by atoms with E-state index in [9.17, 15) is 21.6 Å². The van der Waals surface area contributed by atoms with Crippen LogP contribution in [0.5, 0.6) is 0 Å². The quantitative estimate of drug-likeness (QED) is 0.480. The first-order valence-corrected chi connectivity index (χ1v) is 10.7. The van der Waals surface area contributed by atoms with E-state index >= 15 is 0 Å². The summed E-state index contributed by atoms with van der Waals surface area (Å²) < 4.78 is 63.8. The van der Waals surface area contributed by atoms with E-state index in [1.54, 1.807) is 13.8 Å². The molecule has 0 heterocycles. The van der Waals surface area contributed by atoms with E-state index in [0.717, 1.165) is 15.3 Å². The third-order valence-corrected chi connectivity index (χ3v) is 11.7. The molecule has 9 heteroatoms. The van der Waals surface area contributed by atoms with Crippen molar-refractivity contribution in [2.45, 2.75) is 44.4 Å². The summed E-state index contributed by atoms with van der Waals surface area (Å²) in [6.07, 6.45) is 6.47. The van der Waals surface area contributed by atoms with Crippen LogP contribution >= 0.6 is 0 Å². The fourth-order valence-electron chi connectivity index (χ4n) is 2.85. The van der Waals surface area contributed by atoms with Crippen LogP contribution in [0.4, 0.5) is 13.2 Å². The van der Waals surface area contributed by atoms with E-state index in [1.165, 1.54) is 13.8 Å². The second-order valence-corrected chi connectivity index (χ2v) is 11.4. The van der Waals surface area contributed by atoms with Gasteiger partial charge in [0, 0.05) is 0 Å². The smallest absolute Gasteiger partial charge is 1.00 e. The third-order valence-electron chi connectivity index (χ3n) is 4.59. The van der Waals surface area contributed by atoms with Crippen molar-refractivity contribution in [3.05, 3.63) is 41.5 Å². The number of hydrogen-bond donors (Lipinski definition) is 0. The van der Waals surface area contributed by atoms with E-state index < -0.39 is 43.3 Å². The standard InChI is InChI=1S/C10H12F3O2S.C5H5.2ClH.Zr/c1-6-5-9(4,8(3)7(6)2)16(14,15)10(11,12)13;1-2-4-5-3-1;;;/h1-4H3;1-3H,4H2;2*1H;/q;;;;+2/p-2. The van der Waals surface area contributed by atoms with Gasteiger partial charge in [0.25, 0.3) is 0 Å². The maximum Gasteiger partial charge on any atom is -1.00 e. The molecule has 0 radical (unpaired) electrons. The summed E-state index contributed by atoms with van der Waals surface area (Å²) in [5.74, 6) is 0. The normalized spacial score (nSPS) is 23.7. The molecule has 0 aromatic carbocycles. The van der Waals surface area contributed by atoms with Gasteiger partial charge in [0.15, 0.2) is 0 Å². The van der Waals surface area contributed by atoms with Crippen molar-refractivity contribution < 1.29 is 69.6 Å². The van der Waals surface area contributed by atoms with E-state index in [-0.39, 0.29) is 24.8 Å². The fraction of sp³-hybridized carbons (Fsp3) is 0.467.